The number of hydrogen-bond acceptors (Lipinski definition) is 1. The smallest absolute Gasteiger partial charge is 0.0556 e. The summed E-state index contributed by atoms with van der Waals surface area (Å²) in [5.74, 6) is 0. The van der Waals surface area contributed by atoms with Gasteiger partial charge in [-0.15, -0.1) is 0 Å². The van der Waals surface area contributed by atoms with E-state index in [2.05, 4.69) is 128 Å². The number of anilines is 2. The summed E-state index contributed by atoms with van der Waals surface area (Å²) in [6.07, 6.45) is 0. The summed E-state index contributed by atoms with van der Waals surface area (Å²) in [6.45, 7) is 6.41. The Kier molecular flexibility index (Phi) is 4.83. The number of hydrogen-bond donors (Lipinski definition) is 1. The standard InChI is InChI=1S/C29H26N2/c1-20-9-14-24(15-10-20)30-29-22(3)13-18-27-26(29)19-28(23-7-5-4-6-8-23)31(27)25-16-11-21(2)12-17-25/h4-19,30H,1-3H3. The molecule has 4 aromatic carbocycles. The number of fused-ring (bicyclic) bond motifs is 1. The van der Waals surface area contributed by atoms with E-state index in [1.807, 2.05) is 0 Å². The van der Waals surface area contributed by atoms with Gasteiger partial charge in [-0.2, -0.15) is 0 Å². The molecular formula is C29H26N2. The van der Waals surface area contributed by atoms with Gasteiger partial charge < -0.3 is 9.88 Å². The first-order chi connectivity index (χ1) is 15.1. The lowest BCUT2D eigenvalue weighted by Gasteiger charge is -2.14. The molecule has 2 nitrogen and oxygen atoms in total. The zero-order valence-corrected chi connectivity index (χ0v) is 18.2. The Morgan fingerprint density at radius 3 is 1.97 bits per heavy atom. The second-order valence-corrected chi connectivity index (χ2v) is 8.25. The molecule has 152 valence electrons. The Balaban J connectivity index is 1.76. The number of aryl methyl sites for hydroxylation is 3. The zero-order valence-electron chi connectivity index (χ0n) is 18.2. The fourth-order valence-electron chi connectivity index (χ4n) is 4.13. The van der Waals surface area contributed by atoms with Gasteiger partial charge in [0.15, 0.2) is 0 Å². The Morgan fingerprint density at radius 1 is 0.645 bits per heavy atom. The van der Waals surface area contributed by atoms with E-state index < -0.39 is 0 Å². The fourth-order valence-corrected chi connectivity index (χ4v) is 4.13. The van der Waals surface area contributed by atoms with Gasteiger partial charge in [0, 0.05) is 16.8 Å². The predicted octanol–water partition coefficient (Wildman–Crippen LogP) is 7.97. The zero-order chi connectivity index (χ0) is 21.4. The summed E-state index contributed by atoms with van der Waals surface area (Å²) in [6, 6.07) is 34.7. The van der Waals surface area contributed by atoms with Crippen LogP contribution in [-0.2, 0) is 0 Å². The lowest BCUT2D eigenvalue weighted by atomic mass is 10.1. The number of nitrogens with zero attached hydrogens (tertiary/aromatic N) is 1. The highest BCUT2D eigenvalue weighted by molar-refractivity contribution is 6.00. The third-order valence-corrected chi connectivity index (χ3v) is 5.88. The highest BCUT2D eigenvalue weighted by Gasteiger charge is 2.16. The molecule has 2 heteroatoms. The van der Waals surface area contributed by atoms with E-state index in [4.69, 9.17) is 0 Å². The molecule has 0 spiro atoms. The summed E-state index contributed by atoms with van der Waals surface area (Å²) in [4.78, 5) is 0. The van der Waals surface area contributed by atoms with Crippen molar-refractivity contribution in [3.05, 3.63) is 114 Å². The summed E-state index contributed by atoms with van der Waals surface area (Å²) < 4.78 is 2.36. The van der Waals surface area contributed by atoms with Crippen LogP contribution in [0.2, 0.25) is 0 Å². The molecule has 0 saturated heterocycles. The van der Waals surface area contributed by atoms with E-state index in [0.717, 1.165) is 11.4 Å². The maximum absolute atomic E-state index is 3.68. The quantitative estimate of drug-likeness (QED) is 0.322. The molecule has 1 heterocycles. The molecule has 0 aliphatic carbocycles. The van der Waals surface area contributed by atoms with E-state index in [1.54, 1.807) is 0 Å². The molecule has 0 radical (unpaired) electrons. The molecule has 0 aliphatic rings. The van der Waals surface area contributed by atoms with Crippen molar-refractivity contribution < 1.29 is 0 Å². The molecule has 0 amide bonds. The second kappa shape index (κ2) is 7.81. The third kappa shape index (κ3) is 3.62. The van der Waals surface area contributed by atoms with Crippen LogP contribution in [0.4, 0.5) is 11.4 Å². The van der Waals surface area contributed by atoms with E-state index in [9.17, 15) is 0 Å². The third-order valence-electron chi connectivity index (χ3n) is 5.88. The van der Waals surface area contributed by atoms with Gasteiger partial charge in [0.1, 0.15) is 0 Å². The molecule has 5 aromatic rings. The van der Waals surface area contributed by atoms with Crippen LogP contribution in [-0.4, -0.2) is 4.57 Å². The van der Waals surface area contributed by atoms with Crippen LogP contribution < -0.4 is 5.32 Å². The van der Waals surface area contributed by atoms with Crippen LogP contribution in [0.1, 0.15) is 16.7 Å². The molecule has 0 bridgehead atoms. The van der Waals surface area contributed by atoms with E-state index in [-0.39, 0.29) is 0 Å². The topological polar surface area (TPSA) is 17.0 Å². The number of rotatable bonds is 4. The Hall–Kier alpha value is -3.78. The normalized spacial score (nSPS) is 11.1. The van der Waals surface area contributed by atoms with Gasteiger partial charge in [-0.3, -0.25) is 0 Å². The molecule has 0 atom stereocenters. The predicted molar refractivity (Wildman–Crippen MR) is 133 cm³/mol. The fraction of sp³-hybridized carbons (Fsp3) is 0.103. The van der Waals surface area contributed by atoms with Gasteiger partial charge in [-0.25, -0.2) is 0 Å². The van der Waals surface area contributed by atoms with Crippen molar-refractivity contribution in [3.63, 3.8) is 0 Å². The highest BCUT2D eigenvalue weighted by atomic mass is 15.0. The highest BCUT2D eigenvalue weighted by Crippen LogP contribution is 2.38. The molecule has 5 rings (SSSR count). The molecule has 1 aromatic heterocycles. The summed E-state index contributed by atoms with van der Waals surface area (Å²) in [5.41, 5.74) is 10.8. The Morgan fingerprint density at radius 2 is 1.29 bits per heavy atom. The van der Waals surface area contributed by atoms with Gasteiger partial charge in [0.05, 0.1) is 16.9 Å². The van der Waals surface area contributed by atoms with Crippen LogP contribution in [0.25, 0.3) is 27.8 Å². The lowest BCUT2D eigenvalue weighted by molar-refractivity contribution is 1.13. The van der Waals surface area contributed by atoms with Crippen molar-refractivity contribution in [1.82, 2.24) is 4.57 Å². The number of nitrogens with one attached hydrogen (secondary N) is 1. The van der Waals surface area contributed by atoms with E-state index in [1.165, 1.54) is 44.5 Å². The second-order valence-electron chi connectivity index (χ2n) is 8.25. The molecule has 0 aliphatic heterocycles. The van der Waals surface area contributed by atoms with Crippen molar-refractivity contribution in [2.75, 3.05) is 5.32 Å². The van der Waals surface area contributed by atoms with Crippen molar-refractivity contribution in [2.24, 2.45) is 0 Å². The van der Waals surface area contributed by atoms with Gasteiger partial charge in [0.2, 0.25) is 0 Å². The summed E-state index contributed by atoms with van der Waals surface area (Å²) in [5, 5.41) is 4.90. The monoisotopic (exact) mass is 402 g/mol. The van der Waals surface area contributed by atoms with Crippen LogP contribution in [0.3, 0.4) is 0 Å². The van der Waals surface area contributed by atoms with Crippen molar-refractivity contribution in [2.45, 2.75) is 20.8 Å². The Bertz CT molecular complexity index is 1340. The molecule has 0 saturated carbocycles. The van der Waals surface area contributed by atoms with Crippen LogP contribution in [0, 0.1) is 20.8 Å². The van der Waals surface area contributed by atoms with Crippen LogP contribution >= 0.6 is 0 Å². The summed E-state index contributed by atoms with van der Waals surface area (Å²) in [7, 11) is 0. The summed E-state index contributed by atoms with van der Waals surface area (Å²) >= 11 is 0. The molecule has 0 unspecified atom stereocenters. The van der Waals surface area contributed by atoms with Gasteiger partial charge in [-0.1, -0.05) is 71.8 Å². The minimum absolute atomic E-state index is 1.10. The van der Waals surface area contributed by atoms with E-state index >= 15 is 0 Å². The maximum Gasteiger partial charge on any atom is 0.0556 e. The minimum Gasteiger partial charge on any atom is -0.355 e. The average Bonchev–Trinajstić information content (AvgIpc) is 3.18. The number of aromatic nitrogens is 1. The maximum atomic E-state index is 3.68. The largest absolute Gasteiger partial charge is 0.355 e. The number of benzene rings is 4. The molecule has 1 N–H and O–H groups in total. The first-order valence-electron chi connectivity index (χ1n) is 10.7. The van der Waals surface area contributed by atoms with Crippen LogP contribution in [0.5, 0.6) is 0 Å². The molecule has 0 fully saturated rings. The van der Waals surface area contributed by atoms with Crippen molar-refractivity contribution >= 4 is 22.3 Å². The average molecular weight is 403 g/mol. The molecule has 31 heavy (non-hydrogen) atoms. The first-order valence-corrected chi connectivity index (χ1v) is 10.7. The van der Waals surface area contributed by atoms with Gasteiger partial charge >= 0.3 is 0 Å². The minimum atomic E-state index is 1.10. The van der Waals surface area contributed by atoms with Crippen molar-refractivity contribution in [1.29, 1.82) is 0 Å². The SMILES string of the molecule is Cc1ccc(Nc2c(C)ccc3c2cc(-c2ccccc2)n3-c2ccc(C)cc2)cc1. The Labute approximate surface area is 183 Å². The first kappa shape index (κ1) is 19.2. The van der Waals surface area contributed by atoms with E-state index in [0.29, 0.717) is 0 Å². The lowest BCUT2D eigenvalue weighted by Crippen LogP contribution is -1.98. The molecular weight excluding hydrogens is 376 g/mol. The van der Waals surface area contributed by atoms with Gasteiger partial charge in [0.25, 0.3) is 0 Å². The van der Waals surface area contributed by atoms with Crippen molar-refractivity contribution in [3.8, 4) is 16.9 Å². The van der Waals surface area contributed by atoms with Crippen LogP contribution in [0.15, 0.2) is 97.1 Å². The van der Waals surface area contributed by atoms with Gasteiger partial charge in [-0.05, 0) is 68.3 Å².